The molecule has 82 valence electrons. The van der Waals surface area contributed by atoms with E-state index in [0.29, 0.717) is 0 Å². The van der Waals surface area contributed by atoms with Crippen LogP contribution in [0.5, 0.6) is 0 Å². The van der Waals surface area contributed by atoms with Crippen molar-refractivity contribution in [2.45, 2.75) is 0 Å². The zero-order valence-electron chi connectivity index (χ0n) is 7.20. The molecule has 0 amide bonds. The summed E-state index contributed by atoms with van der Waals surface area (Å²) in [4.78, 5) is 0. The Hall–Kier alpha value is -1.21. The molecule has 0 aliphatic carbocycles. The number of halogens is 1. The first-order valence-corrected chi connectivity index (χ1v) is 5.57. The smallest absolute Gasteiger partial charge is 0.264 e. The highest BCUT2D eigenvalue weighted by molar-refractivity contribution is 9.10. The van der Waals surface area contributed by atoms with Crippen LogP contribution in [0.3, 0.4) is 0 Å². The minimum atomic E-state index is -4.67. The lowest BCUT2D eigenvalue weighted by atomic mass is 10.3. The predicted octanol–water partition coefficient (Wildman–Crippen LogP) is 1.98. The van der Waals surface area contributed by atoms with Gasteiger partial charge in [-0.1, -0.05) is 22.0 Å². The van der Waals surface area contributed by atoms with Gasteiger partial charge in [-0.2, -0.15) is 8.42 Å². The molecular weight excluding hydrogens is 290 g/mol. The molecule has 1 aromatic carbocycles. The molecule has 3 N–H and O–H groups in total. The summed E-state index contributed by atoms with van der Waals surface area (Å²) in [5.41, 5.74) is 3.15. The van der Waals surface area contributed by atoms with Crippen molar-refractivity contribution in [1.29, 1.82) is 5.39 Å². The minimum absolute atomic E-state index is 0.747. The number of hydrogen-bond donors (Lipinski definition) is 3. The number of nitrogens with one attached hydrogen (secondary N) is 1. The maximum atomic E-state index is 8.74. The quantitative estimate of drug-likeness (QED) is 0.415. The third-order valence-corrected chi connectivity index (χ3v) is 1.50. The number of diazo groups is 1. The highest BCUT2D eigenvalue weighted by Gasteiger charge is 1.95. The lowest BCUT2D eigenvalue weighted by molar-refractivity contribution is 0.381. The van der Waals surface area contributed by atoms with Crippen molar-refractivity contribution in [3.63, 3.8) is 0 Å². The van der Waals surface area contributed by atoms with Gasteiger partial charge in [-0.15, -0.1) is 0 Å². The van der Waals surface area contributed by atoms with Gasteiger partial charge in [-0.25, -0.2) is 0 Å². The Morgan fingerprint density at radius 3 is 2.33 bits per heavy atom. The van der Waals surface area contributed by atoms with E-state index in [1.807, 2.05) is 12.1 Å². The third kappa shape index (κ3) is 10.7. The van der Waals surface area contributed by atoms with Crippen LogP contribution < -0.4 is 5.43 Å². The summed E-state index contributed by atoms with van der Waals surface area (Å²) in [6.45, 7) is 0. The van der Waals surface area contributed by atoms with Crippen LogP contribution in [0, 0.1) is 5.39 Å². The molecule has 0 unspecified atom stereocenters. The molecule has 0 saturated carbocycles. The molecule has 15 heavy (non-hydrogen) atoms. The maximum absolute atomic E-state index is 8.74. The van der Waals surface area contributed by atoms with Crippen molar-refractivity contribution in [2.24, 2.45) is 0 Å². The number of rotatable bonds is 1. The summed E-state index contributed by atoms with van der Waals surface area (Å²) in [7, 11) is -4.67. The van der Waals surface area contributed by atoms with Gasteiger partial charge in [0.1, 0.15) is 5.69 Å². The summed E-state index contributed by atoms with van der Waals surface area (Å²) in [6, 6.07) is 7.34. The van der Waals surface area contributed by atoms with E-state index in [2.05, 4.69) is 26.4 Å². The number of benzene rings is 1. The lowest BCUT2D eigenvalue weighted by Crippen LogP contribution is -1.89. The number of nitrogens with zero attached hydrogens (tertiary/aromatic N) is 2. The SMILES string of the molecule is N#[N+]Nc1cccc(Br)c1.O=S(=O)(O)O. The van der Waals surface area contributed by atoms with Gasteiger partial charge >= 0.3 is 15.5 Å². The fraction of sp³-hybridized carbons (Fsp3) is 0. The lowest BCUT2D eigenvalue weighted by Gasteiger charge is -1.88. The third-order valence-electron chi connectivity index (χ3n) is 1.00. The van der Waals surface area contributed by atoms with Crippen molar-refractivity contribution in [3.8, 4) is 0 Å². The van der Waals surface area contributed by atoms with Gasteiger partial charge in [0.05, 0.1) is 0 Å². The van der Waals surface area contributed by atoms with Gasteiger partial charge < -0.3 is 0 Å². The maximum Gasteiger partial charge on any atom is 0.394 e. The van der Waals surface area contributed by atoms with E-state index in [-0.39, 0.29) is 0 Å². The second-order valence-corrected chi connectivity index (χ2v) is 3.98. The average molecular weight is 297 g/mol. The average Bonchev–Trinajstić information content (AvgIpc) is 2.01. The van der Waals surface area contributed by atoms with Gasteiger partial charge in [0, 0.05) is 4.47 Å². The van der Waals surface area contributed by atoms with Crippen molar-refractivity contribution in [2.75, 3.05) is 5.43 Å². The molecule has 7 nitrogen and oxygen atoms in total. The zero-order chi connectivity index (χ0) is 11.9. The normalized spacial score (nSPS) is 9.47. The molecular formula is C6H7BrN3O4S+. The van der Waals surface area contributed by atoms with Crippen LogP contribution >= 0.6 is 15.9 Å². The monoisotopic (exact) mass is 296 g/mol. The van der Waals surface area contributed by atoms with E-state index < -0.39 is 10.4 Å². The summed E-state index contributed by atoms with van der Waals surface area (Å²) in [6.07, 6.45) is 0. The molecule has 0 saturated heterocycles. The van der Waals surface area contributed by atoms with Crippen LogP contribution in [0.2, 0.25) is 0 Å². The summed E-state index contributed by atoms with van der Waals surface area (Å²) in [5, 5.41) is 10.9. The van der Waals surface area contributed by atoms with E-state index in [4.69, 9.17) is 22.9 Å². The Balaban J connectivity index is 0.000000336. The van der Waals surface area contributed by atoms with Gasteiger partial charge in [0.15, 0.2) is 0 Å². The summed E-state index contributed by atoms with van der Waals surface area (Å²) >= 11 is 3.27. The van der Waals surface area contributed by atoms with Crippen molar-refractivity contribution < 1.29 is 17.5 Å². The first-order chi connectivity index (χ1) is 6.83. The first-order valence-electron chi connectivity index (χ1n) is 3.38. The van der Waals surface area contributed by atoms with Crippen molar-refractivity contribution in [3.05, 3.63) is 33.8 Å². The Labute approximate surface area is 94.4 Å². The molecule has 0 heterocycles. The first kappa shape index (κ1) is 13.8. The molecule has 0 aliphatic heterocycles. The molecule has 1 rings (SSSR count). The summed E-state index contributed by atoms with van der Waals surface area (Å²) in [5.74, 6) is 0. The van der Waals surface area contributed by atoms with Gasteiger partial charge in [-0.3, -0.25) is 9.11 Å². The van der Waals surface area contributed by atoms with E-state index in [0.717, 1.165) is 10.2 Å². The molecule has 1 aromatic rings. The van der Waals surface area contributed by atoms with E-state index in [1.165, 1.54) is 0 Å². The predicted molar refractivity (Wildman–Crippen MR) is 57.0 cm³/mol. The Morgan fingerprint density at radius 1 is 1.40 bits per heavy atom. The molecule has 0 atom stereocenters. The van der Waals surface area contributed by atoms with Crippen LogP contribution in [-0.2, 0) is 10.4 Å². The molecule has 0 aromatic heterocycles. The van der Waals surface area contributed by atoms with Crippen LogP contribution in [0.15, 0.2) is 28.7 Å². The molecule has 0 spiro atoms. The van der Waals surface area contributed by atoms with Crippen molar-refractivity contribution >= 4 is 32.0 Å². The molecule has 0 aliphatic rings. The molecule has 0 fully saturated rings. The van der Waals surface area contributed by atoms with Gasteiger partial charge in [0.2, 0.25) is 0 Å². The second-order valence-electron chi connectivity index (χ2n) is 2.17. The van der Waals surface area contributed by atoms with E-state index in [9.17, 15) is 0 Å². The van der Waals surface area contributed by atoms with Gasteiger partial charge in [-0.05, 0) is 23.6 Å². The minimum Gasteiger partial charge on any atom is -0.264 e. The Morgan fingerprint density at radius 2 is 1.93 bits per heavy atom. The van der Waals surface area contributed by atoms with Gasteiger partial charge in [0.25, 0.3) is 5.39 Å². The summed E-state index contributed by atoms with van der Waals surface area (Å²) < 4.78 is 32.5. The van der Waals surface area contributed by atoms with Crippen LogP contribution in [0.25, 0.3) is 5.08 Å². The standard InChI is InChI=1S/C6H5BrN3.H2O4S/c7-5-2-1-3-6(4-5)9-10-8;1-5(2,3)4/h1-4,9H;(H2,1,2,3,4)/q+1;. The van der Waals surface area contributed by atoms with Crippen molar-refractivity contribution in [1.82, 2.24) is 0 Å². The number of hydrogen-bond acceptors (Lipinski definition) is 4. The van der Waals surface area contributed by atoms with Crippen LogP contribution in [-0.4, -0.2) is 17.5 Å². The Bertz CT molecular complexity index is 448. The molecule has 0 radical (unpaired) electrons. The highest BCUT2D eigenvalue weighted by Crippen LogP contribution is 2.15. The topological polar surface area (TPSA) is 115 Å². The fourth-order valence-electron chi connectivity index (χ4n) is 0.616. The highest BCUT2D eigenvalue weighted by atomic mass is 79.9. The van der Waals surface area contributed by atoms with Crippen LogP contribution in [0.1, 0.15) is 0 Å². The Kier molecular flexibility index (Phi) is 5.80. The zero-order valence-corrected chi connectivity index (χ0v) is 9.60. The van der Waals surface area contributed by atoms with E-state index >= 15 is 0 Å². The van der Waals surface area contributed by atoms with Crippen LogP contribution in [0.4, 0.5) is 5.69 Å². The van der Waals surface area contributed by atoms with E-state index in [1.54, 1.807) is 12.1 Å². The second kappa shape index (κ2) is 6.31. The molecule has 0 bridgehead atoms. The number of anilines is 1. The largest absolute Gasteiger partial charge is 0.394 e. The fourth-order valence-corrected chi connectivity index (χ4v) is 1.02. The molecule has 9 heteroatoms.